The van der Waals surface area contributed by atoms with Crippen molar-refractivity contribution < 1.29 is 4.79 Å². The van der Waals surface area contributed by atoms with Gasteiger partial charge < -0.3 is 10.2 Å². The van der Waals surface area contributed by atoms with Gasteiger partial charge >= 0.3 is 0 Å². The van der Waals surface area contributed by atoms with Crippen LogP contribution in [0.5, 0.6) is 0 Å². The van der Waals surface area contributed by atoms with Gasteiger partial charge in [-0.2, -0.15) is 0 Å². The van der Waals surface area contributed by atoms with E-state index in [2.05, 4.69) is 15.3 Å². The third-order valence-corrected chi connectivity index (χ3v) is 3.35. The smallest absolute Gasteiger partial charge is 0.245 e. The molecule has 2 aliphatic rings. The Morgan fingerprint density at radius 3 is 2.88 bits per heavy atom. The van der Waals surface area contributed by atoms with E-state index in [1.165, 1.54) is 0 Å². The SMILES string of the molecule is O=C1N(Cc2ncccn2)CC12CCCN2. The van der Waals surface area contributed by atoms with Gasteiger partial charge in [-0.1, -0.05) is 0 Å². The van der Waals surface area contributed by atoms with Crippen LogP contribution < -0.4 is 5.32 Å². The molecule has 1 spiro atoms. The van der Waals surface area contributed by atoms with Crippen molar-refractivity contribution in [2.45, 2.75) is 24.9 Å². The summed E-state index contributed by atoms with van der Waals surface area (Å²) in [7, 11) is 0. The molecule has 0 bridgehead atoms. The lowest BCUT2D eigenvalue weighted by Gasteiger charge is -2.46. The van der Waals surface area contributed by atoms with Crippen LogP contribution in [0, 0.1) is 0 Å². The second kappa shape index (κ2) is 3.52. The first-order chi connectivity index (χ1) is 7.80. The van der Waals surface area contributed by atoms with Gasteiger partial charge in [0, 0.05) is 18.9 Å². The van der Waals surface area contributed by atoms with Crippen LogP contribution in [0.25, 0.3) is 0 Å². The molecule has 2 saturated heterocycles. The fourth-order valence-electron chi connectivity index (χ4n) is 2.51. The Hall–Kier alpha value is -1.49. The molecule has 84 valence electrons. The molecule has 16 heavy (non-hydrogen) atoms. The van der Waals surface area contributed by atoms with Crippen LogP contribution in [0.15, 0.2) is 18.5 Å². The number of nitrogens with one attached hydrogen (secondary N) is 1. The molecule has 1 aromatic heterocycles. The average Bonchev–Trinajstić information content (AvgIpc) is 2.81. The van der Waals surface area contributed by atoms with Crippen LogP contribution in [-0.4, -0.2) is 39.4 Å². The zero-order chi connectivity index (χ0) is 11.0. The largest absolute Gasteiger partial charge is 0.331 e. The van der Waals surface area contributed by atoms with Gasteiger partial charge in [0.05, 0.1) is 6.54 Å². The summed E-state index contributed by atoms with van der Waals surface area (Å²) >= 11 is 0. The van der Waals surface area contributed by atoms with Gasteiger partial charge in [-0.15, -0.1) is 0 Å². The van der Waals surface area contributed by atoms with E-state index in [0.717, 1.165) is 25.9 Å². The third-order valence-electron chi connectivity index (χ3n) is 3.35. The maximum absolute atomic E-state index is 12.0. The third kappa shape index (κ3) is 1.39. The van der Waals surface area contributed by atoms with Crippen LogP contribution >= 0.6 is 0 Å². The maximum atomic E-state index is 12.0. The molecule has 3 heterocycles. The van der Waals surface area contributed by atoms with Gasteiger partial charge in [0.15, 0.2) is 0 Å². The number of rotatable bonds is 2. The Bertz CT molecular complexity index is 400. The van der Waals surface area contributed by atoms with Crippen molar-refractivity contribution in [3.05, 3.63) is 24.3 Å². The standard InChI is InChI=1S/C11H14N4O/c16-10-11(3-1-6-14-11)8-15(10)7-9-12-4-2-5-13-9/h2,4-5,14H,1,3,6-8H2. The maximum Gasteiger partial charge on any atom is 0.245 e. The van der Waals surface area contributed by atoms with Crippen molar-refractivity contribution >= 4 is 5.91 Å². The highest BCUT2D eigenvalue weighted by Gasteiger charge is 2.53. The highest BCUT2D eigenvalue weighted by atomic mass is 16.2. The molecule has 3 rings (SSSR count). The van der Waals surface area contributed by atoms with E-state index >= 15 is 0 Å². The first kappa shape index (κ1) is 9.72. The molecule has 1 N–H and O–H groups in total. The summed E-state index contributed by atoms with van der Waals surface area (Å²) in [5.74, 6) is 0.918. The molecule has 5 nitrogen and oxygen atoms in total. The minimum atomic E-state index is -0.241. The summed E-state index contributed by atoms with van der Waals surface area (Å²) in [6, 6.07) is 1.78. The zero-order valence-corrected chi connectivity index (χ0v) is 9.02. The molecule has 1 aromatic rings. The van der Waals surface area contributed by atoms with E-state index in [4.69, 9.17) is 0 Å². The molecule has 5 heteroatoms. The summed E-state index contributed by atoms with van der Waals surface area (Å²) in [5.41, 5.74) is -0.241. The normalized spacial score (nSPS) is 28.5. The molecule has 2 fully saturated rings. The Balaban J connectivity index is 1.66. The van der Waals surface area contributed by atoms with E-state index in [0.29, 0.717) is 12.4 Å². The summed E-state index contributed by atoms with van der Waals surface area (Å²) < 4.78 is 0. The number of amides is 1. The van der Waals surface area contributed by atoms with Crippen LogP contribution in [0.2, 0.25) is 0 Å². The van der Waals surface area contributed by atoms with Crippen molar-refractivity contribution in [1.82, 2.24) is 20.2 Å². The van der Waals surface area contributed by atoms with Crippen molar-refractivity contribution in [3.63, 3.8) is 0 Å². The van der Waals surface area contributed by atoms with E-state index in [-0.39, 0.29) is 11.4 Å². The van der Waals surface area contributed by atoms with Gasteiger partial charge in [-0.05, 0) is 25.5 Å². The predicted molar refractivity (Wildman–Crippen MR) is 57.4 cm³/mol. The second-order valence-corrected chi connectivity index (χ2v) is 4.44. The van der Waals surface area contributed by atoms with Gasteiger partial charge in [-0.25, -0.2) is 9.97 Å². The minimum absolute atomic E-state index is 0.206. The van der Waals surface area contributed by atoms with Crippen LogP contribution in [0.1, 0.15) is 18.7 Å². The van der Waals surface area contributed by atoms with Gasteiger partial charge in [0.2, 0.25) is 5.91 Å². The number of hydrogen-bond acceptors (Lipinski definition) is 4. The van der Waals surface area contributed by atoms with Crippen molar-refractivity contribution in [3.8, 4) is 0 Å². The number of carbonyl (C=O) groups excluding carboxylic acids is 1. The number of aromatic nitrogens is 2. The lowest BCUT2D eigenvalue weighted by Crippen LogP contribution is -2.70. The van der Waals surface area contributed by atoms with Crippen LogP contribution in [0.3, 0.4) is 0 Å². The Labute approximate surface area is 93.9 Å². The molecule has 0 aromatic carbocycles. The van der Waals surface area contributed by atoms with Crippen molar-refractivity contribution in [2.75, 3.05) is 13.1 Å². The fourth-order valence-corrected chi connectivity index (χ4v) is 2.51. The molecule has 1 unspecified atom stereocenters. The first-order valence-corrected chi connectivity index (χ1v) is 5.60. The number of likely N-dealkylation sites (tertiary alicyclic amines) is 1. The number of carbonyl (C=O) groups is 1. The fraction of sp³-hybridized carbons (Fsp3) is 0.545. The number of nitrogens with zero attached hydrogens (tertiary/aromatic N) is 3. The summed E-state index contributed by atoms with van der Waals surface area (Å²) in [6.45, 7) is 2.29. The Kier molecular flexibility index (Phi) is 2.14. The molecular weight excluding hydrogens is 204 g/mol. The summed E-state index contributed by atoms with van der Waals surface area (Å²) in [4.78, 5) is 22.1. The van der Waals surface area contributed by atoms with Gasteiger partial charge in [0.25, 0.3) is 0 Å². The quantitative estimate of drug-likeness (QED) is 0.707. The predicted octanol–water partition coefficient (Wildman–Crippen LogP) is -0.0590. The Morgan fingerprint density at radius 1 is 1.44 bits per heavy atom. The minimum Gasteiger partial charge on any atom is -0.331 e. The molecule has 0 saturated carbocycles. The monoisotopic (exact) mass is 218 g/mol. The van der Waals surface area contributed by atoms with Gasteiger partial charge in [-0.3, -0.25) is 4.79 Å². The summed E-state index contributed by atoms with van der Waals surface area (Å²) in [6.07, 6.45) is 5.48. The summed E-state index contributed by atoms with van der Waals surface area (Å²) in [5, 5.41) is 3.30. The first-order valence-electron chi connectivity index (χ1n) is 5.60. The van der Waals surface area contributed by atoms with E-state index in [1.54, 1.807) is 18.5 Å². The number of β-lactam (4-membered cyclic amide) rings is 1. The van der Waals surface area contributed by atoms with E-state index < -0.39 is 0 Å². The van der Waals surface area contributed by atoms with Crippen LogP contribution in [0.4, 0.5) is 0 Å². The van der Waals surface area contributed by atoms with Crippen LogP contribution in [-0.2, 0) is 11.3 Å². The lowest BCUT2D eigenvalue weighted by atomic mass is 9.87. The number of hydrogen-bond donors (Lipinski definition) is 1. The zero-order valence-electron chi connectivity index (χ0n) is 9.02. The van der Waals surface area contributed by atoms with E-state index in [1.807, 2.05) is 4.90 Å². The Morgan fingerprint density at radius 2 is 2.25 bits per heavy atom. The molecule has 0 aliphatic carbocycles. The lowest BCUT2D eigenvalue weighted by molar-refractivity contribution is -0.153. The van der Waals surface area contributed by atoms with E-state index in [9.17, 15) is 4.79 Å². The molecular formula is C11H14N4O. The average molecular weight is 218 g/mol. The van der Waals surface area contributed by atoms with Crippen molar-refractivity contribution in [1.29, 1.82) is 0 Å². The van der Waals surface area contributed by atoms with Gasteiger partial charge in [0.1, 0.15) is 11.4 Å². The molecule has 2 aliphatic heterocycles. The molecule has 1 amide bonds. The highest BCUT2D eigenvalue weighted by molar-refractivity contribution is 5.93. The molecule has 0 radical (unpaired) electrons. The van der Waals surface area contributed by atoms with Crippen molar-refractivity contribution in [2.24, 2.45) is 0 Å². The second-order valence-electron chi connectivity index (χ2n) is 4.44. The highest BCUT2D eigenvalue weighted by Crippen LogP contribution is 2.31. The molecule has 1 atom stereocenters. The topological polar surface area (TPSA) is 58.1 Å².